The molecule has 0 nitrogen and oxygen atoms in total. The first-order valence-electron chi connectivity index (χ1n) is 12.9. The van der Waals surface area contributed by atoms with Gasteiger partial charge < -0.3 is 0 Å². The van der Waals surface area contributed by atoms with E-state index in [-0.39, 0.29) is 0 Å². The summed E-state index contributed by atoms with van der Waals surface area (Å²) in [6, 6.07) is 48.6. The van der Waals surface area contributed by atoms with Crippen molar-refractivity contribution >= 4 is 23.3 Å². The molecular formula is C37H30. The standard InChI is InChI=1S/C37H30/c1-27-17-21-29(22-18-27)25-35-33-15-9-10-16-34(33)36(26-30-23-19-28(2)20-24-30)37(35,31-11-5-3-6-12-31)32-13-7-4-8-14-32/h3-26H,1-2H3/b35-25-,36-26+. The summed E-state index contributed by atoms with van der Waals surface area (Å²) in [5, 5.41) is 0. The fraction of sp³-hybridized carbons (Fsp3) is 0.0811. The molecule has 0 aliphatic heterocycles. The van der Waals surface area contributed by atoms with Crippen LogP contribution in [-0.2, 0) is 5.41 Å². The number of aryl methyl sites for hydroxylation is 2. The minimum atomic E-state index is -0.456. The number of hydrogen-bond acceptors (Lipinski definition) is 0. The molecule has 0 heteroatoms. The molecule has 0 radical (unpaired) electrons. The predicted molar refractivity (Wildman–Crippen MR) is 158 cm³/mol. The first-order chi connectivity index (χ1) is 18.2. The molecule has 178 valence electrons. The molecule has 5 aromatic rings. The molecule has 0 heterocycles. The van der Waals surface area contributed by atoms with Crippen molar-refractivity contribution in [3.8, 4) is 0 Å². The Labute approximate surface area is 220 Å². The lowest BCUT2D eigenvalue weighted by Crippen LogP contribution is -2.27. The van der Waals surface area contributed by atoms with Gasteiger partial charge in [-0.25, -0.2) is 0 Å². The summed E-state index contributed by atoms with van der Waals surface area (Å²) in [5.41, 5.74) is 12.2. The smallest absolute Gasteiger partial charge is 0.0622 e. The molecule has 37 heavy (non-hydrogen) atoms. The van der Waals surface area contributed by atoms with Gasteiger partial charge >= 0.3 is 0 Å². The molecule has 1 aliphatic rings. The van der Waals surface area contributed by atoms with E-state index in [1.807, 2.05) is 0 Å². The SMILES string of the molecule is Cc1ccc(/C=C2/c3ccccc3/C(=C\c3ccc(C)cc3)C2(c2ccccc2)c2ccccc2)cc1. The summed E-state index contributed by atoms with van der Waals surface area (Å²) < 4.78 is 0. The zero-order valence-corrected chi connectivity index (χ0v) is 21.4. The zero-order valence-electron chi connectivity index (χ0n) is 21.4. The fourth-order valence-corrected chi connectivity index (χ4v) is 5.70. The second kappa shape index (κ2) is 9.56. The number of allylic oxidation sites excluding steroid dienone is 2. The minimum Gasteiger partial charge on any atom is -0.0622 e. The molecule has 0 aromatic heterocycles. The highest BCUT2D eigenvalue weighted by molar-refractivity contribution is 6.13. The maximum atomic E-state index is 2.40. The second-order valence-electron chi connectivity index (χ2n) is 9.97. The van der Waals surface area contributed by atoms with Crippen molar-refractivity contribution in [1.82, 2.24) is 0 Å². The van der Waals surface area contributed by atoms with Gasteiger partial charge in [-0.2, -0.15) is 0 Å². The summed E-state index contributed by atoms with van der Waals surface area (Å²) in [7, 11) is 0. The van der Waals surface area contributed by atoms with Crippen LogP contribution < -0.4 is 0 Å². The predicted octanol–water partition coefficient (Wildman–Crippen LogP) is 9.38. The Morgan fingerprint density at radius 3 is 1.14 bits per heavy atom. The van der Waals surface area contributed by atoms with Crippen molar-refractivity contribution in [2.45, 2.75) is 19.3 Å². The van der Waals surface area contributed by atoms with Gasteiger partial charge in [-0.3, -0.25) is 0 Å². The highest BCUT2D eigenvalue weighted by atomic mass is 14.5. The number of benzene rings is 5. The third-order valence-corrected chi connectivity index (χ3v) is 7.51. The first kappa shape index (κ1) is 23.0. The number of hydrogen-bond donors (Lipinski definition) is 0. The average Bonchev–Trinajstić information content (AvgIpc) is 3.22. The highest BCUT2D eigenvalue weighted by Crippen LogP contribution is 2.60. The monoisotopic (exact) mass is 474 g/mol. The zero-order chi connectivity index (χ0) is 25.2. The number of fused-ring (bicyclic) bond motifs is 1. The quantitative estimate of drug-likeness (QED) is 0.243. The van der Waals surface area contributed by atoms with Gasteiger partial charge in [-0.1, -0.05) is 145 Å². The van der Waals surface area contributed by atoms with Gasteiger partial charge in [0.1, 0.15) is 0 Å². The van der Waals surface area contributed by atoms with E-state index in [2.05, 4.69) is 159 Å². The van der Waals surface area contributed by atoms with Crippen LogP contribution in [0.2, 0.25) is 0 Å². The normalized spacial score (nSPS) is 16.2. The molecule has 0 atom stereocenters. The Hall–Kier alpha value is -4.42. The minimum absolute atomic E-state index is 0.456. The van der Waals surface area contributed by atoms with Crippen LogP contribution in [-0.4, -0.2) is 0 Å². The van der Waals surface area contributed by atoms with E-state index in [0.717, 1.165) is 0 Å². The van der Waals surface area contributed by atoms with Crippen LogP contribution >= 0.6 is 0 Å². The van der Waals surface area contributed by atoms with Crippen LogP contribution in [0.3, 0.4) is 0 Å². The molecule has 0 amide bonds. The molecule has 0 fully saturated rings. The van der Waals surface area contributed by atoms with E-state index in [1.165, 1.54) is 55.7 Å². The topological polar surface area (TPSA) is 0 Å². The van der Waals surface area contributed by atoms with Crippen LogP contribution in [0.1, 0.15) is 44.5 Å². The Kier molecular flexibility index (Phi) is 5.94. The molecular weight excluding hydrogens is 444 g/mol. The van der Waals surface area contributed by atoms with E-state index >= 15 is 0 Å². The first-order valence-corrected chi connectivity index (χ1v) is 12.9. The maximum absolute atomic E-state index is 2.40. The highest BCUT2D eigenvalue weighted by Gasteiger charge is 2.48. The van der Waals surface area contributed by atoms with E-state index in [1.54, 1.807) is 0 Å². The van der Waals surface area contributed by atoms with Gasteiger partial charge in [-0.15, -0.1) is 0 Å². The van der Waals surface area contributed by atoms with E-state index in [9.17, 15) is 0 Å². The van der Waals surface area contributed by atoms with E-state index < -0.39 is 5.41 Å². The Balaban J connectivity index is 1.75. The van der Waals surface area contributed by atoms with E-state index in [0.29, 0.717) is 0 Å². The Morgan fingerprint density at radius 2 is 0.757 bits per heavy atom. The molecule has 1 aliphatic carbocycles. The van der Waals surface area contributed by atoms with Crippen molar-refractivity contribution in [3.63, 3.8) is 0 Å². The summed E-state index contributed by atoms with van der Waals surface area (Å²) in [4.78, 5) is 0. The third-order valence-electron chi connectivity index (χ3n) is 7.51. The van der Waals surface area contributed by atoms with Crippen molar-refractivity contribution < 1.29 is 0 Å². The molecule has 0 spiro atoms. The lowest BCUT2D eigenvalue weighted by atomic mass is 9.66. The van der Waals surface area contributed by atoms with Gasteiger partial charge in [0.25, 0.3) is 0 Å². The van der Waals surface area contributed by atoms with Crippen molar-refractivity contribution in [2.24, 2.45) is 0 Å². The summed E-state index contributed by atoms with van der Waals surface area (Å²) in [6.45, 7) is 4.28. The van der Waals surface area contributed by atoms with Gasteiger partial charge in [0.05, 0.1) is 5.41 Å². The number of rotatable bonds is 4. The van der Waals surface area contributed by atoms with Crippen LogP contribution in [0.5, 0.6) is 0 Å². The Bertz CT molecular complexity index is 1460. The summed E-state index contributed by atoms with van der Waals surface area (Å²) in [5.74, 6) is 0. The van der Waals surface area contributed by atoms with Crippen LogP contribution in [0.4, 0.5) is 0 Å². The van der Waals surface area contributed by atoms with Gasteiger partial charge in [0, 0.05) is 0 Å². The van der Waals surface area contributed by atoms with Gasteiger partial charge in [0.2, 0.25) is 0 Å². The summed E-state index contributed by atoms with van der Waals surface area (Å²) >= 11 is 0. The van der Waals surface area contributed by atoms with Gasteiger partial charge in [0.15, 0.2) is 0 Å². The second-order valence-corrected chi connectivity index (χ2v) is 9.97. The lowest BCUT2D eigenvalue weighted by molar-refractivity contribution is 0.889. The third kappa shape index (κ3) is 4.05. The van der Waals surface area contributed by atoms with Gasteiger partial charge in [-0.05, 0) is 70.5 Å². The van der Waals surface area contributed by atoms with Crippen LogP contribution in [0.25, 0.3) is 23.3 Å². The van der Waals surface area contributed by atoms with Crippen LogP contribution in [0, 0.1) is 13.8 Å². The van der Waals surface area contributed by atoms with Crippen molar-refractivity contribution in [3.05, 3.63) is 178 Å². The average molecular weight is 475 g/mol. The van der Waals surface area contributed by atoms with Crippen molar-refractivity contribution in [2.75, 3.05) is 0 Å². The molecule has 0 bridgehead atoms. The van der Waals surface area contributed by atoms with E-state index in [4.69, 9.17) is 0 Å². The molecule has 0 saturated heterocycles. The summed E-state index contributed by atoms with van der Waals surface area (Å²) in [6.07, 6.45) is 4.79. The molecule has 6 rings (SSSR count). The lowest BCUT2D eigenvalue weighted by Gasteiger charge is -2.35. The largest absolute Gasteiger partial charge is 0.0713 e. The molecule has 0 unspecified atom stereocenters. The molecule has 0 N–H and O–H groups in total. The molecule has 5 aromatic carbocycles. The maximum Gasteiger partial charge on any atom is 0.0713 e. The van der Waals surface area contributed by atoms with Crippen LogP contribution in [0.15, 0.2) is 133 Å². The fourth-order valence-electron chi connectivity index (χ4n) is 5.70. The Morgan fingerprint density at radius 1 is 0.405 bits per heavy atom. The van der Waals surface area contributed by atoms with Crippen molar-refractivity contribution in [1.29, 1.82) is 0 Å². The molecule has 0 saturated carbocycles.